The quantitative estimate of drug-likeness (QED) is 0.178. The van der Waals surface area contributed by atoms with Crippen molar-refractivity contribution >= 4 is 34.7 Å². The fourth-order valence-electron chi connectivity index (χ4n) is 5.41. The average molecular weight is 570 g/mol. The van der Waals surface area contributed by atoms with Crippen LogP contribution in [-0.2, 0) is 14.3 Å². The molecular weight excluding hydrogens is 533 g/mol. The first-order valence-corrected chi connectivity index (χ1v) is 14.3. The molecule has 1 aliphatic heterocycles. The van der Waals surface area contributed by atoms with Crippen molar-refractivity contribution in [2.24, 2.45) is 5.41 Å². The van der Waals surface area contributed by atoms with Crippen molar-refractivity contribution in [2.45, 2.75) is 46.5 Å². The lowest BCUT2D eigenvalue weighted by Gasteiger charge is -2.26. The second kappa shape index (κ2) is 11.9. The van der Waals surface area contributed by atoms with Gasteiger partial charge in [-0.2, -0.15) is 0 Å². The van der Waals surface area contributed by atoms with Crippen molar-refractivity contribution in [3.63, 3.8) is 0 Å². The van der Waals surface area contributed by atoms with Gasteiger partial charge in [0.1, 0.15) is 5.82 Å². The van der Waals surface area contributed by atoms with Gasteiger partial charge in [-0.3, -0.25) is 4.79 Å². The molecule has 218 valence electrons. The van der Waals surface area contributed by atoms with Crippen LogP contribution in [0.25, 0.3) is 27.7 Å². The molecule has 1 aromatic heterocycles. The molecule has 2 N–H and O–H groups in total. The Morgan fingerprint density at radius 2 is 1.83 bits per heavy atom. The average Bonchev–Trinajstić information content (AvgIpc) is 3.31. The van der Waals surface area contributed by atoms with E-state index in [-0.39, 0.29) is 30.2 Å². The molecule has 8 heteroatoms. The van der Waals surface area contributed by atoms with Gasteiger partial charge in [0.2, 0.25) is 5.91 Å². The number of anilines is 1. The summed E-state index contributed by atoms with van der Waals surface area (Å²) in [6.45, 7) is 8.80. The molecule has 7 nitrogen and oxygen atoms in total. The van der Waals surface area contributed by atoms with Crippen LogP contribution in [0.15, 0.2) is 60.7 Å². The molecule has 2 heterocycles. The molecule has 1 fully saturated rings. The van der Waals surface area contributed by atoms with E-state index >= 15 is 0 Å². The molecule has 0 radical (unpaired) electrons. The standard InChI is InChI=1S/C34H36FN3O4/c1-5-42-32(39)22-10-8-21(9-11-22)30-27-18-28(37-33(40)34(2,3)4)24(19-36)17-29(27)38(26-14-12-25(35)13-15-26)31(30)23-7-6-16-41-20-23/h8-15,17-19,23,36H,5-7,16,20H2,1-4H3,(H,37,40). The van der Waals surface area contributed by atoms with Gasteiger partial charge in [0.15, 0.2) is 0 Å². The van der Waals surface area contributed by atoms with Crippen LogP contribution in [0.5, 0.6) is 0 Å². The third-order valence-electron chi connectivity index (χ3n) is 7.58. The molecule has 1 atom stereocenters. The van der Waals surface area contributed by atoms with Gasteiger partial charge >= 0.3 is 5.97 Å². The molecule has 5 rings (SSSR count). The van der Waals surface area contributed by atoms with Crippen LogP contribution in [-0.4, -0.2) is 42.5 Å². The maximum absolute atomic E-state index is 14.1. The Bertz CT molecular complexity index is 1630. The van der Waals surface area contributed by atoms with Crippen molar-refractivity contribution in [2.75, 3.05) is 25.1 Å². The lowest BCUT2D eigenvalue weighted by Crippen LogP contribution is -2.28. The van der Waals surface area contributed by atoms with E-state index in [2.05, 4.69) is 9.88 Å². The van der Waals surface area contributed by atoms with E-state index in [1.807, 2.05) is 45.0 Å². The van der Waals surface area contributed by atoms with E-state index in [0.717, 1.165) is 46.3 Å². The summed E-state index contributed by atoms with van der Waals surface area (Å²) >= 11 is 0. The summed E-state index contributed by atoms with van der Waals surface area (Å²) in [6, 6.07) is 17.5. The number of amides is 1. The molecule has 0 bridgehead atoms. The zero-order valence-electron chi connectivity index (χ0n) is 24.4. The Kier molecular flexibility index (Phi) is 8.27. The number of fused-ring (bicyclic) bond motifs is 1. The number of aromatic nitrogens is 1. The van der Waals surface area contributed by atoms with E-state index < -0.39 is 5.41 Å². The zero-order chi connectivity index (χ0) is 30.0. The Morgan fingerprint density at radius 1 is 1.12 bits per heavy atom. The molecule has 42 heavy (non-hydrogen) atoms. The summed E-state index contributed by atoms with van der Waals surface area (Å²) in [4.78, 5) is 25.4. The Morgan fingerprint density at radius 3 is 2.43 bits per heavy atom. The van der Waals surface area contributed by atoms with Crippen molar-refractivity contribution in [3.8, 4) is 16.8 Å². The highest BCUT2D eigenvalue weighted by Crippen LogP contribution is 2.44. The SMILES string of the molecule is CCOC(=O)c1ccc(-c2c(C3CCCOC3)n(-c3ccc(F)cc3)c3cc(C=N)c(NC(=O)C(C)(C)C)cc23)cc1. The van der Waals surface area contributed by atoms with Crippen molar-refractivity contribution in [1.82, 2.24) is 4.57 Å². The van der Waals surface area contributed by atoms with E-state index in [0.29, 0.717) is 30.0 Å². The molecule has 0 spiro atoms. The number of halogens is 1. The third kappa shape index (κ3) is 5.72. The number of ether oxygens (including phenoxy) is 2. The maximum atomic E-state index is 14.1. The minimum Gasteiger partial charge on any atom is -0.462 e. The maximum Gasteiger partial charge on any atom is 0.338 e. The van der Waals surface area contributed by atoms with Crippen LogP contribution in [0.2, 0.25) is 0 Å². The highest BCUT2D eigenvalue weighted by atomic mass is 19.1. The molecule has 1 unspecified atom stereocenters. The summed E-state index contributed by atoms with van der Waals surface area (Å²) in [5.74, 6) is -0.849. The van der Waals surface area contributed by atoms with E-state index in [9.17, 15) is 14.0 Å². The fourth-order valence-corrected chi connectivity index (χ4v) is 5.41. The topological polar surface area (TPSA) is 93.4 Å². The first-order valence-electron chi connectivity index (χ1n) is 14.3. The number of carbonyl (C=O) groups excluding carboxylic acids is 2. The van der Waals surface area contributed by atoms with Gasteiger partial charge in [0, 0.05) is 52.0 Å². The molecular formula is C34H36FN3O4. The number of carbonyl (C=O) groups is 2. The predicted molar refractivity (Wildman–Crippen MR) is 163 cm³/mol. The Hall–Kier alpha value is -4.30. The molecule has 1 saturated heterocycles. The van der Waals surface area contributed by atoms with E-state index in [1.54, 1.807) is 31.2 Å². The molecule has 1 aliphatic rings. The first kappa shape index (κ1) is 29.2. The Labute approximate surface area is 245 Å². The fraction of sp³-hybridized carbons (Fsp3) is 0.324. The van der Waals surface area contributed by atoms with Crippen LogP contribution in [0.1, 0.15) is 68.1 Å². The molecule has 1 amide bonds. The molecule has 3 aromatic carbocycles. The highest BCUT2D eigenvalue weighted by Gasteiger charge is 2.30. The van der Waals surface area contributed by atoms with Gasteiger partial charge in [-0.15, -0.1) is 0 Å². The largest absolute Gasteiger partial charge is 0.462 e. The normalized spacial score (nSPS) is 15.4. The summed E-state index contributed by atoms with van der Waals surface area (Å²) in [6.07, 6.45) is 3.03. The smallest absolute Gasteiger partial charge is 0.338 e. The van der Waals surface area contributed by atoms with Crippen LogP contribution in [0.3, 0.4) is 0 Å². The summed E-state index contributed by atoms with van der Waals surface area (Å²) in [5.41, 5.74) is 5.31. The number of rotatable bonds is 7. The monoisotopic (exact) mass is 569 g/mol. The number of esters is 1. The minimum atomic E-state index is -0.634. The van der Waals surface area contributed by atoms with Gasteiger partial charge in [-0.1, -0.05) is 32.9 Å². The zero-order valence-corrected chi connectivity index (χ0v) is 24.4. The molecule has 0 aliphatic carbocycles. The second-order valence-electron chi connectivity index (χ2n) is 11.6. The van der Waals surface area contributed by atoms with Crippen LogP contribution < -0.4 is 5.32 Å². The Balaban J connectivity index is 1.83. The molecule has 4 aromatic rings. The van der Waals surface area contributed by atoms with E-state index in [4.69, 9.17) is 14.9 Å². The van der Waals surface area contributed by atoms with Gasteiger partial charge in [0.05, 0.1) is 30.0 Å². The summed E-state index contributed by atoms with van der Waals surface area (Å²) in [5, 5.41) is 12.1. The first-order chi connectivity index (χ1) is 20.1. The number of nitrogens with one attached hydrogen (secondary N) is 2. The lowest BCUT2D eigenvalue weighted by molar-refractivity contribution is -0.123. The van der Waals surface area contributed by atoms with Crippen LogP contribution in [0.4, 0.5) is 10.1 Å². The third-order valence-corrected chi connectivity index (χ3v) is 7.58. The second-order valence-corrected chi connectivity index (χ2v) is 11.6. The van der Waals surface area contributed by atoms with Gasteiger partial charge in [-0.25, -0.2) is 9.18 Å². The number of benzene rings is 3. The predicted octanol–water partition coefficient (Wildman–Crippen LogP) is 7.49. The number of hydrogen-bond acceptors (Lipinski definition) is 5. The van der Waals surface area contributed by atoms with Gasteiger partial charge < -0.3 is 24.8 Å². The number of hydrogen-bond donors (Lipinski definition) is 2. The van der Waals surface area contributed by atoms with Crippen LogP contribution in [0, 0.1) is 16.6 Å². The lowest BCUT2D eigenvalue weighted by atomic mass is 9.90. The molecule has 0 saturated carbocycles. The van der Waals surface area contributed by atoms with Crippen molar-refractivity contribution in [1.29, 1.82) is 5.41 Å². The minimum absolute atomic E-state index is 0.0342. The summed E-state index contributed by atoms with van der Waals surface area (Å²) in [7, 11) is 0. The van der Waals surface area contributed by atoms with E-state index in [1.165, 1.54) is 18.3 Å². The highest BCUT2D eigenvalue weighted by molar-refractivity contribution is 6.08. The number of nitrogens with zero attached hydrogens (tertiary/aromatic N) is 1. The van der Waals surface area contributed by atoms with Crippen molar-refractivity contribution < 1.29 is 23.5 Å². The van der Waals surface area contributed by atoms with Gasteiger partial charge in [0.25, 0.3) is 0 Å². The van der Waals surface area contributed by atoms with Gasteiger partial charge in [-0.05, 0) is 73.9 Å². The summed E-state index contributed by atoms with van der Waals surface area (Å²) < 4.78 is 27.3. The van der Waals surface area contributed by atoms with Crippen molar-refractivity contribution in [3.05, 3.63) is 83.3 Å². The van der Waals surface area contributed by atoms with Crippen LogP contribution >= 0.6 is 0 Å².